The highest BCUT2D eigenvalue weighted by Crippen LogP contribution is 2.45. The van der Waals surface area contributed by atoms with E-state index in [4.69, 9.17) is 15.4 Å². The average Bonchev–Trinajstić information content (AvgIpc) is 3.43. The largest absolute Gasteiger partial charge is 0.492 e. The van der Waals surface area contributed by atoms with Crippen LogP contribution in [0, 0.1) is 22.2 Å². The van der Waals surface area contributed by atoms with E-state index in [0.29, 0.717) is 11.3 Å². The second kappa shape index (κ2) is 7.72. The summed E-state index contributed by atoms with van der Waals surface area (Å²) in [6, 6.07) is 2.25. The van der Waals surface area contributed by atoms with Crippen LogP contribution in [-0.4, -0.2) is 54.2 Å². The first kappa shape index (κ1) is 19.7. The van der Waals surface area contributed by atoms with Crippen molar-refractivity contribution < 1.29 is 19.7 Å². The van der Waals surface area contributed by atoms with Gasteiger partial charge in [-0.15, -0.1) is 0 Å². The quantitative estimate of drug-likeness (QED) is 0.390. The molecule has 8 nitrogen and oxygen atoms in total. The first-order valence-corrected chi connectivity index (χ1v) is 8.31. The van der Waals surface area contributed by atoms with E-state index in [9.17, 15) is 15.0 Å². The fourth-order valence-electron chi connectivity index (χ4n) is 2.32. The van der Waals surface area contributed by atoms with E-state index in [2.05, 4.69) is 16.7 Å². The molecule has 1 fully saturated rings. The lowest BCUT2D eigenvalue weighted by molar-refractivity contribution is -0.120. The monoisotopic (exact) mass is 360 g/mol. The first-order chi connectivity index (χ1) is 12.3. The molecule has 0 aromatic carbocycles. The topological polar surface area (TPSA) is 138 Å². The van der Waals surface area contributed by atoms with Gasteiger partial charge in [-0.2, -0.15) is 5.26 Å². The predicted molar refractivity (Wildman–Crippen MR) is 95.0 cm³/mol. The summed E-state index contributed by atoms with van der Waals surface area (Å²) in [5, 5.41) is 41.2. The predicted octanol–water partition coefficient (Wildman–Crippen LogP) is 0.113. The van der Waals surface area contributed by atoms with Gasteiger partial charge in [-0.3, -0.25) is 4.79 Å². The van der Waals surface area contributed by atoms with Crippen LogP contribution in [-0.2, 0) is 9.53 Å². The number of hydrogen-bond acceptors (Lipinski definition) is 7. The lowest BCUT2D eigenvalue weighted by Crippen LogP contribution is -2.53. The van der Waals surface area contributed by atoms with Gasteiger partial charge in [-0.25, -0.2) is 0 Å². The molecule has 0 unspecified atom stereocenters. The standard InChI is InChI=1S/C18H24N4O4/c1-17(9-23,10-24)22-16(25)15(21-2)13-7-12(3-4-14(13)20)26-11-18(8-19)5-6-18/h3-4,7,20-21,23-24H,5-6,9-11H2,1-2H3,(H,22,25)/b15-13-,20-14?. The lowest BCUT2D eigenvalue weighted by Gasteiger charge is -2.27. The molecule has 1 saturated carbocycles. The van der Waals surface area contributed by atoms with Gasteiger partial charge in [0.05, 0.1) is 35.9 Å². The van der Waals surface area contributed by atoms with Crippen LogP contribution in [0.4, 0.5) is 0 Å². The molecule has 26 heavy (non-hydrogen) atoms. The molecule has 0 bridgehead atoms. The third kappa shape index (κ3) is 4.31. The van der Waals surface area contributed by atoms with Crippen molar-refractivity contribution in [3.8, 4) is 6.07 Å². The number of carbonyl (C=O) groups is 1. The molecule has 1 amide bonds. The maximum Gasteiger partial charge on any atom is 0.268 e. The van der Waals surface area contributed by atoms with Gasteiger partial charge >= 0.3 is 0 Å². The van der Waals surface area contributed by atoms with Crippen LogP contribution in [0.25, 0.3) is 0 Å². The molecular weight excluding hydrogens is 336 g/mol. The van der Waals surface area contributed by atoms with Crippen molar-refractivity contribution in [2.24, 2.45) is 5.41 Å². The molecule has 0 saturated heterocycles. The van der Waals surface area contributed by atoms with Gasteiger partial charge in [0.25, 0.3) is 5.91 Å². The summed E-state index contributed by atoms with van der Waals surface area (Å²) in [5.41, 5.74) is -1.04. The van der Waals surface area contributed by atoms with Crippen molar-refractivity contribution in [2.75, 3.05) is 26.9 Å². The molecule has 8 heteroatoms. The fourth-order valence-corrected chi connectivity index (χ4v) is 2.32. The SMILES string of the molecule is CN/C(C(=O)NC(C)(CO)CO)=C1/C=C(OCC2(C#N)CC2)C=CC1=N. The van der Waals surface area contributed by atoms with Crippen LogP contribution in [0.3, 0.4) is 0 Å². The lowest BCUT2D eigenvalue weighted by atomic mass is 10.00. The number of aliphatic hydroxyl groups excluding tert-OH is 2. The van der Waals surface area contributed by atoms with Crippen molar-refractivity contribution in [2.45, 2.75) is 25.3 Å². The molecular formula is C18H24N4O4. The molecule has 0 radical (unpaired) electrons. The van der Waals surface area contributed by atoms with E-state index in [0.717, 1.165) is 12.8 Å². The highest BCUT2D eigenvalue weighted by Gasteiger charge is 2.44. The van der Waals surface area contributed by atoms with E-state index in [1.54, 1.807) is 19.2 Å². The number of likely N-dealkylation sites (N-methyl/N-ethyl adjacent to an activating group) is 1. The Kier molecular flexibility index (Phi) is 5.85. The smallest absolute Gasteiger partial charge is 0.268 e. The van der Waals surface area contributed by atoms with Gasteiger partial charge in [-0.05, 0) is 38.0 Å². The maximum atomic E-state index is 12.5. The van der Waals surface area contributed by atoms with Crippen LogP contribution in [0.15, 0.2) is 35.3 Å². The summed E-state index contributed by atoms with van der Waals surface area (Å²) in [6.45, 7) is 0.920. The normalized spacial score (nSPS) is 20.0. The number of allylic oxidation sites excluding steroid dienone is 4. The maximum absolute atomic E-state index is 12.5. The van der Waals surface area contributed by atoms with Crippen molar-refractivity contribution in [3.05, 3.63) is 35.3 Å². The van der Waals surface area contributed by atoms with Gasteiger partial charge in [0, 0.05) is 12.6 Å². The molecule has 140 valence electrons. The third-order valence-corrected chi connectivity index (χ3v) is 4.46. The van der Waals surface area contributed by atoms with Crippen LogP contribution in [0.5, 0.6) is 0 Å². The first-order valence-electron chi connectivity index (χ1n) is 8.31. The van der Waals surface area contributed by atoms with Crippen molar-refractivity contribution in [1.29, 1.82) is 10.7 Å². The van der Waals surface area contributed by atoms with E-state index >= 15 is 0 Å². The van der Waals surface area contributed by atoms with Crippen LogP contribution in [0.2, 0.25) is 0 Å². The zero-order chi connectivity index (χ0) is 19.4. The zero-order valence-electron chi connectivity index (χ0n) is 14.9. The number of hydrogen-bond donors (Lipinski definition) is 5. The fraction of sp³-hybridized carbons (Fsp3) is 0.500. The van der Waals surface area contributed by atoms with Crippen LogP contribution in [0.1, 0.15) is 19.8 Å². The number of nitriles is 1. The molecule has 2 aliphatic carbocycles. The molecule has 0 aromatic heterocycles. The summed E-state index contributed by atoms with van der Waals surface area (Å²) < 4.78 is 5.68. The Morgan fingerprint density at radius 3 is 2.58 bits per heavy atom. The molecule has 2 aliphatic rings. The molecule has 0 aromatic rings. The minimum Gasteiger partial charge on any atom is -0.492 e. The summed E-state index contributed by atoms with van der Waals surface area (Å²) in [6.07, 6.45) is 6.32. The molecule has 2 rings (SSSR count). The van der Waals surface area contributed by atoms with Gasteiger partial charge in [0.1, 0.15) is 18.1 Å². The van der Waals surface area contributed by atoms with Crippen molar-refractivity contribution in [1.82, 2.24) is 10.6 Å². The number of ether oxygens (including phenoxy) is 1. The van der Waals surface area contributed by atoms with E-state index in [-0.39, 0.29) is 18.0 Å². The van der Waals surface area contributed by atoms with Gasteiger partial charge in [0.15, 0.2) is 0 Å². The average molecular weight is 360 g/mol. The van der Waals surface area contributed by atoms with Gasteiger partial charge < -0.3 is 31.0 Å². The minimum atomic E-state index is -1.18. The number of aliphatic hydroxyl groups is 2. The number of amides is 1. The van der Waals surface area contributed by atoms with E-state index in [1.807, 2.05) is 0 Å². The van der Waals surface area contributed by atoms with Gasteiger partial charge in [0.2, 0.25) is 0 Å². The highest BCUT2D eigenvalue weighted by molar-refractivity contribution is 6.14. The Labute approximate surface area is 152 Å². The molecule has 0 heterocycles. The van der Waals surface area contributed by atoms with E-state index < -0.39 is 30.1 Å². The molecule has 0 spiro atoms. The Balaban J connectivity index is 2.22. The Bertz CT molecular complexity index is 722. The Hall–Kier alpha value is -2.63. The number of carbonyl (C=O) groups excluding carboxylic acids is 1. The van der Waals surface area contributed by atoms with Crippen LogP contribution >= 0.6 is 0 Å². The van der Waals surface area contributed by atoms with Crippen LogP contribution < -0.4 is 10.6 Å². The highest BCUT2D eigenvalue weighted by atomic mass is 16.5. The summed E-state index contributed by atoms with van der Waals surface area (Å²) >= 11 is 0. The summed E-state index contributed by atoms with van der Waals surface area (Å²) in [7, 11) is 1.55. The number of rotatable bonds is 8. The summed E-state index contributed by atoms with van der Waals surface area (Å²) in [5.74, 6) is -0.0930. The van der Waals surface area contributed by atoms with Crippen molar-refractivity contribution >= 4 is 11.6 Å². The number of nitrogens with one attached hydrogen (secondary N) is 3. The van der Waals surface area contributed by atoms with E-state index in [1.165, 1.54) is 13.0 Å². The molecule has 0 aliphatic heterocycles. The Morgan fingerprint density at radius 1 is 1.42 bits per heavy atom. The molecule has 5 N–H and O–H groups in total. The Morgan fingerprint density at radius 2 is 2.08 bits per heavy atom. The zero-order valence-corrected chi connectivity index (χ0v) is 14.9. The summed E-state index contributed by atoms with van der Waals surface area (Å²) in [4.78, 5) is 12.5. The van der Waals surface area contributed by atoms with Gasteiger partial charge in [-0.1, -0.05) is 0 Å². The van der Waals surface area contributed by atoms with Crippen molar-refractivity contribution in [3.63, 3.8) is 0 Å². The number of nitrogens with zero attached hydrogens (tertiary/aromatic N) is 1. The third-order valence-electron chi connectivity index (χ3n) is 4.46. The minimum absolute atomic E-state index is 0.118. The second-order valence-corrected chi connectivity index (χ2v) is 6.84. The second-order valence-electron chi connectivity index (χ2n) is 6.84. The molecule has 0 atom stereocenters.